The highest BCUT2D eigenvalue weighted by atomic mass is 15.1. The Kier molecular flexibility index (Phi) is 4.88. The third kappa shape index (κ3) is 3.31. The monoisotopic (exact) mass is 257 g/mol. The van der Waals surface area contributed by atoms with E-state index < -0.39 is 0 Å². The van der Waals surface area contributed by atoms with Crippen LogP contribution in [-0.4, -0.2) is 29.5 Å². The number of benzene rings is 1. The number of hydrogen-bond donors (Lipinski definition) is 1. The zero-order valence-electron chi connectivity index (χ0n) is 11.8. The van der Waals surface area contributed by atoms with Crippen LogP contribution >= 0.6 is 0 Å². The molecule has 1 atom stereocenters. The van der Waals surface area contributed by atoms with Crippen LogP contribution in [0.25, 0.3) is 10.9 Å². The van der Waals surface area contributed by atoms with Gasteiger partial charge in [-0.2, -0.15) is 0 Å². The molecule has 0 spiro atoms. The Balaban J connectivity index is 2.15. The number of nitrogens with two attached hydrogens (primary N) is 1. The van der Waals surface area contributed by atoms with E-state index in [0.29, 0.717) is 0 Å². The van der Waals surface area contributed by atoms with Gasteiger partial charge in [-0.15, -0.1) is 0 Å². The number of nitrogens with zero attached hydrogens (tertiary/aromatic N) is 2. The average Bonchev–Trinajstić information content (AvgIpc) is 2.47. The second-order valence-electron chi connectivity index (χ2n) is 4.84. The van der Waals surface area contributed by atoms with Crippen molar-refractivity contribution in [1.29, 1.82) is 0 Å². The first kappa shape index (κ1) is 14.0. The molecule has 0 bridgehead atoms. The molecule has 3 nitrogen and oxygen atoms in total. The smallest absolute Gasteiger partial charge is 0.0749 e. The van der Waals surface area contributed by atoms with Crippen LogP contribution in [0.5, 0.6) is 0 Å². The summed E-state index contributed by atoms with van der Waals surface area (Å²) in [4.78, 5) is 6.88. The Morgan fingerprint density at radius 3 is 2.63 bits per heavy atom. The zero-order valence-corrected chi connectivity index (χ0v) is 11.8. The molecular formula is C16H23N3. The fraction of sp³-hybridized carbons (Fsp3) is 0.438. The van der Waals surface area contributed by atoms with E-state index in [9.17, 15) is 0 Å². The number of pyridine rings is 1. The van der Waals surface area contributed by atoms with Gasteiger partial charge in [-0.3, -0.25) is 4.98 Å². The molecule has 1 unspecified atom stereocenters. The number of fused-ring (bicyclic) bond motifs is 1. The van der Waals surface area contributed by atoms with Crippen LogP contribution in [0.15, 0.2) is 36.5 Å². The first-order chi connectivity index (χ1) is 9.26. The van der Waals surface area contributed by atoms with Gasteiger partial charge in [0.1, 0.15) is 0 Å². The van der Waals surface area contributed by atoms with Crippen LogP contribution in [0.3, 0.4) is 0 Å². The molecule has 0 aliphatic carbocycles. The Hall–Kier alpha value is -1.45. The van der Waals surface area contributed by atoms with Gasteiger partial charge in [0.05, 0.1) is 5.52 Å². The quantitative estimate of drug-likeness (QED) is 0.865. The predicted octanol–water partition coefficient (Wildman–Crippen LogP) is 2.97. The van der Waals surface area contributed by atoms with Crippen molar-refractivity contribution < 1.29 is 0 Å². The summed E-state index contributed by atoms with van der Waals surface area (Å²) in [5.41, 5.74) is 8.55. The second-order valence-corrected chi connectivity index (χ2v) is 4.84. The van der Waals surface area contributed by atoms with Gasteiger partial charge in [-0.05, 0) is 37.7 Å². The molecule has 0 aliphatic heterocycles. The average molecular weight is 257 g/mol. The van der Waals surface area contributed by atoms with Crippen molar-refractivity contribution in [3.8, 4) is 0 Å². The third-order valence-electron chi connectivity index (χ3n) is 3.71. The van der Waals surface area contributed by atoms with Gasteiger partial charge < -0.3 is 10.6 Å². The van der Waals surface area contributed by atoms with Gasteiger partial charge in [0.25, 0.3) is 0 Å². The van der Waals surface area contributed by atoms with E-state index in [1.165, 1.54) is 5.39 Å². The Morgan fingerprint density at radius 1 is 1.16 bits per heavy atom. The third-order valence-corrected chi connectivity index (χ3v) is 3.71. The Labute approximate surface area is 115 Å². The molecule has 102 valence electrons. The number of aromatic nitrogens is 1. The van der Waals surface area contributed by atoms with E-state index in [1.54, 1.807) is 0 Å². The maximum atomic E-state index is 6.35. The minimum atomic E-state index is 0.0548. The van der Waals surface area contributed by atoms with Crippen molar-refractivity contribution in [3.63, 3.8) is 0 Å². The number of para-hydroxylation sites is 1. The molecule has 0 amide bonds. The molecule has 0 fully saturated rings. The van der Waals surface area contributed by atoms with E-state index in [0.717, 1.165) is 37.1 Å². The topological polar surface area (TPSA) is 42.1 Å². The number of rotatable bonds is 6. The standard InChI is InChI=1S/C16H23N3/c1-3-19(4-2)12-10-15(17)14-9-5-7-13-8-6-11-18-16(13)14/h5-9,11,15H,3-4,10,12,17H2,1-2H3. The second kappa shape index (κ2) is 6.64. The highest BCUT2D eigenvalue weighted by Gasteiger charge is 2.11. The summed E-state index contributed by atoms with van der Waals surface area (Å²) in [5.74, 6) is 0. The van der Waals surface area contributed by atoms with Crippen LogP contribution in [0, 0.1) is 0 Å². The molecule has 0 radical (unpaired) electrons. The molecule has 3 heteroatoms. The minimum Gasteiger partial charge on any atom is -0.324 e. The zero-order chi connectivity index (χ0) is 13.7. The van der Waals surface area contributed by atoms with Gasteiger partial charge >= 0.3 is 0 Å². The lowest BCUT2D eigenvalue weighted by molar-refractivity contribution is 0.291. The Bertz CT molecular complexity index is 515. The molecule has 19 heavy (non-hydrogen) atoms. The minimum absolute atomic E-state index is 0.0548. The molecule has 2 N–H and O–H groups in total. The first-order valence-electron chi connectivity index (χ1n) is 7.07. The fourth-order valence-corrected chi connectivity index (χ4v) is 2.44. The van der Waals surface area contributed by atoms with Crippen molar-refractivity contribution in [2.45, 2.75) is 26.3 Å². The van der Waals surface area contributed by atoms with E-state index in [2.05, 4.69) is 48.0 Å². The fourth-order valence-electron chi connectivity index (χ4n) is 2.44. The van der Waals surface area contributed by atoms with Crippen molar-refractivity contribution in [1.82, 2.24) is 9.88 Å². The van der Waals surface area contributed by atoms with Gasteiger partial charge in [-0.25, -0.2) is 0 Å². The van der Waals surface area contributed by atoms with Crippen molar-refractivity contribution in [2.24, 2.45) is 5.73 Å². The van der Waals surface area contributed by atoms with Gasteiger partial charge in [0.2, 0.25) is 0 Å². The molecule has 1 aromatic carbocycles. The van der Waals surface area contributed by atoms with Gasteiger partial charge in [-0.1, -0.05) is 38.1 Å². The SMILES string of the molecule is CCN(CC)CCC(N)c1cccc2cccnc12. The highest BCUT2D eigenvalue weighted by Crippen LogP contribution is 2.23. The Morgan fingerprint density at radius 2 is 1.89 bits per heavy atom. The first-order valence-corrected chi connectivity index (χ1v) is 7.07. The summed E-state index contributed by atoms with van der Waals surface area (Å²) in [6, 6.07) is 10.4. The summed E-state index contributed by atoms with van der Waals surface area (Å²) >= 11 is 0. The lowest BCUT2D eigenvalue weighted by atomic mass is 10.0. The van der Waals surface area contributed by atoms with Crippen LogP contribution < -0.4 is 5.73 Å². The lowest BCUT2D eigenvalue weighted by Crippen LogP contribution is -2.27. The summed E-state index contributed by atoms with van der Waals surface area (Å²) in [5, 5.41) is 1.17. The predicted molar refractivity (Wildman–Crippen MR) is 81.1 cm³/mol. The van der Waals surface area contributed by atoms with Gasteiger partial charge in [0.15, 0.2) is 0 Å². The van der Waals surface area contributed by atoms with Crippen LogP contribution in [0.1, 0.15) is 31.9 Å². The molecule has 0 saturated heterocycles. The van der Waals surface area contributed by atoms with E-state index in [1.807, 2.05) is 12.3 Å². The molecule has 1 heterocycles. The molecule has 2 rings (SSSR count). The number of hydrogen-bond acceptors (Lipinski definition) is 3. The van der Waals surface area contributed by atoms with Crippen LogP contribution in [0.2, 0.25) is 0 Å². The summed E-state index contributed by atoms with van der Waals surface area (Å²) in [6.45, 7) is 7.58. The summed E-state index contributed by atoms with van der Waals surface area (Å²) < 4.78 is 0. The van der Waals surface area contributed by atoms with Crippen LogP contribution in [-0.2, 0) is 0 Å². The van der Waals surface area contributed by atoms with Crippen molar-refractivity contribution in [3.05, 3.63) is 42.1 Å². The molecule has 2 aromatic rings. The van der Waals surface area contributed by atoms with Crippen molar-refractivity contribution in [2.75, 3.05) is 19.6 Å². The molecule has 0 aliphatic rings. The molecule has 0 saturated carbocycles. The lowest BCUT2D eigenvalue weighted by Gasteiger charge is -2.21. The molecule has 1 aromatic heterocycles. The van der Waals surface area contributed by atoms with E-state index in [4.69, 9.17) is 5.73 Å². The maximum absolute atomic E-state index is 6.35. The van der Waals surface area contributed by atoms with E-state index >= 15 is 0 Å². The maximum Gasteiger partial charge on any atom is 0.0749 e. The van der Waals surface area contributed by atoms with Crippen LogP contribution in [0.4, 0.5) is 0 Å². The summed E-state index contributed by atoms with van der Waals surface area (Å²) in [7, 11) is 0. The highest BCUT2D eigenvalue weighted by molar-refractivity contribution is 5.81. The van der Waals surface area contributed by atoms with Gasteiger partial charge in [0, 0.05) is 17.6 Å². The van der Waals surface area contributed by atoms with E-state index in [-0.39, 0.29) is 6.04 Å². The largest absolute Gasteiger partial charge is 0.324 e. The molecular weight excluding hydrogens is 234 g/mol. The normalized spacial score (nSPS) is 13.1. The van der Waals surface area contributed by atoms with Crippen molar-refractivity contribution >= 4 is 10.9 Å². The summed E-state index contributed by atoms with van der Waals surface area (Å²) in [6.07, 6.45) is 2.81.